The molecule has 0 radical (unpaired) electrons. The van der Waals surface area contributed by atoms with Crippen molar-refractivity contribution in [3.63, 3.8) is 0 Å². The van der Waals surface area contributed by atoms with E-state index < -0.39 is 0 Å². The number of nitrogens with zero attached hydrogens (tertiary/aromatic N) is 2. The van der Waals surface area contributed by atoms with Gasteiger partial charge in [0.15, 0.2) is 5.82 Å². The Morgan fingerprint density at radius 2 is 2.33 bits per heavy atom. The lowest BCUT2D eigenvalue weighted by Gasteiger charge is -1.89. The molecule has 2 rings (SSSR count). The summed E-state index contributed by atoms with van der Waals surface area (Å²) in [5.41, 5.74) is 11.1. The molecule has 0 amide bonds. The monoisotopic (exact) mass is 180 g/mol. The van der Waals surface area contributed by atoms with E-state index in [9.17, 15) is 0 Å². The van der Waals surface area contributed by atoms with Gasteiger partial charge in [-0.2, -0.15) is 5.10 Å². The maximum atomic E-state index is 5.62. The summed E-state index contributed by atoms with van der Waals surface area (Å²) in [4.78, 5) is 1.10. The van der Waals surface area contributed by atoms with Crippen molar-refractivity contribution in [2.75, 3.05) is 5.73 Å². The highest BCUT2D eigenvalue weighted by Crippen LogP contribution is 2.26. The molecule has 0 aliphatic carbocycles. The van der Waals surface area contributed by atoms with Gasteiger partial charge in [-0.25, -0.2) is 0 Å². The summed E-state index contributed by atoms with van der Waals surface area (Å²) in [6.45, 7) is 0.540. The maximum absolute atomic E-state index is 5.62. The highest BCUT2D eigenvalue weighted by Gasteiger charge is 2.03. The molecule has 0 unspecified atom stereocenters. The van der Waals surface area contributed by atoms with Crippen LogP contribution in [-0.4, -0.2) is 10.2 Å². The first-order valence-electron chi connectivity index (χ1n) is 3.51. The van der Waals surface area contributed by atoms with Crippen LogP contribution in [0.15, 0.2) is 12.3 Å². The van der Waals surface area contributed by atoms with Gasteiger partial charge in [0.1, 0.15) is 0 Å². The van der Waals surface area contributed by atoms with Gasteiger partial charge in [0.2, 0.25) is 0 Å². The quantitative estimate of drug-likeness (QED) is 0.678. The highest BCUT2D eigenvalue weighted by atomic mass is 32.1. The summed E-state index contributed by atoms with van der Waals surface area (Å²) >= 11 is 1.60. The van der Waals surface area contributed by atoms with Gasteiger partial charge in [0.25, 0.3) is 0 Å². The van der Waals surface area contributed by atoms with Crippen molar-refractivity contribution >= 4 is 27.2 Å². The Balaban J connectivity index is 2.74. The summed E-state index contributed by atoms with van der Waals surface area (Å²) in [6.07, 6.45) is 1.70. The van der Waals surface area contributed by atoms with E-state index in [-0.39, 0.29) is 0 Å². The number of aromatic nitrogens is 2. The van der Waals surface area contributed by atoms with Crippen LogP contribution in [0.5, 0.6) is 0 Å². The Labute approximate surface area is 73.2 Å². The third-order valence-corrected chi connectivity index (χ3v) is 2.72. The number of rotatable bonds is 1. The fourth-order valence-electron chi connectivity index (χ4n) is 1.05. The Bertz CT molecular complexity index is 409. The lowest BCUT2D eigenvalue weighted by atomic mass is 10.3. The highest BCUT2D eigenvalue weighted by molar-refractivity contribution is 7.19. The fourth-order valence-corrected chi connectivity index (χ4v) is 1.97. The van der Waals surface area contributed by atoms with Crippen LogP contribution in [0.2, 0.25) is 0 Å². The van der Waals surface area contributed by atoms with Crippen molar-refractivity contribution in [2.24, 2.45) is 5.73 Å². The molecule has 0 atom stereocenters. The van der Waals surface area contributed by atoms with Crippen molar-refractivity contribution in [3.8, 4) is 0 Å². The van der Waals surface area contributed by atoms with E-state index in [0.29, 0.717) is 12.4 Å². The predicted octanol–water partition coefficient (Wildman–Crippen LogP) is 0.732. The Morgan fingerprint density at radius 1 is 1.50 bits per heavy atom. The van der Waals surface area contributed by atoms with Gasteiger partial charge in [-0.1, -0.05) is 0 Å². The molecule has 0 saturated carbocycles. The van der Waals surface area contributed by atoms with Gasteiger partial charge in [-0.15, -0.1) is 16.4 Å². The molecule has 5 heteroatoms. The van der Waals surface area contributed by atoms with Gasteiger partial charge in [0.05, 0.1) is 10.9 Å². The Morgan fingerprint density at radius 3 is 3.00 bits per heavy atom. The molecule has 0 aliphatic rings. The van der Waals surface area contributed by atoms with Crippen molar-refractivity contribution in [2.45, 2.75) is 6.54 Å². The first-order valence-corrected chi connectivity index (χ1v) is 4.32. The van der Waals surface area contributed by atoms with Crippen LogP contribution in [0.25, 0.3) is 10.1 Å². The third kappa shape index (κ3) is 1.03. The predicted molar refractivity (Wildman–Crippen MR) is 49.7 cm³/mol. The number of hydrogen-bond donors (Lipinski definition) is 2. The largest absolute Gasteiger partial charge is 0.382 e. The van der Waals surface area contributed by atoms with Crippen LogP contribution in [0, 0.1) is 0 Å². The average molecular weight is 180 g/mol. The minimum atomic E-state index is 0.475. The van der Waals surface area contributed by atoms with Gasteiger partial charge >= 0.3 is 0 Å². The molecule has 0 aliphatic heterocycles. The second kappa shape index (κ2) is 2.69. The summed E-state index contributed by atoms with van der Waals surface area (Å²) in [6, 6.07) is 1.96. The van der Waals surface area contributed by atoms with E-state index in [1.54, 1.807) is 17.5 Å². The minimum Gasteiger partial charge on any atom is -0.382 e. The molecule has 62 valence electrons. The van der Waals surface area contributed by atoms with Crippen LogP contribution in [0.1, 0.15) is 4.88 Å². The molecular weight excluding hydrogens is 172 g/mol. The second-order valence-electron chi connectivity index (χ2n) is 2.42. The summed E-state index contributed by atoms with van der Waals surface area (Å²) in [5, 5.41) is 8.46. The van der Waals surface area contributed by atoms with Gasteiger partial charge in [0, 0.05) is 16.8 Å². The zero-order valence-electron chi connectivity index (χ0n) is 6.32. The molecule has 2 heterocycles. The first kappa shape index (κ1) is 7.45. The van der Waals surface area contributed by atoms with Crippen molar-refractivity contribution in [3.05, 3.63) is 17.1 Å². The maximum Gasteiger partial charge on any atom is 0.154 e. The van der Waals surface area contributed by atoms with Gasteiger partial charge in [-0.05, 0) is 6.07 Å². The summed E-state index contributed by atoms with van der Waals surface area (Å²) in [5.74, 6) is 0.475. The Hall–Kier alpha value is -1.20. The van der Waals surface area contributed by atoms with Crippen molar-refractivity contribution < 1.29 is 0 Å². The smallest absolute Gasteiger partial charge is 0.154 e. The molecular formula is C7H8N4S. The van der Waals surface area contributed by atoms with Crippen LogP contribution in [0.3, 0.4) is 0 Å². The standard InChI is InChI=1S/C7H8N4S/c8-2-4-1-5-6(12-4)3-10-11-7(5)9/h1,3H,2,8H2,(H2,9,11). The van der Waals surface area contributed by atoms with E-state index in [0.717, 1.165) is 15.0 Å². The first-order chi connectivity index (χ1) is 5.81. The number of thiophene rings is 1. The molecule has 0 fully saturated rings. The minimum absolute atomic E-state index is 0.475. The summed E-state index contributed by atoms with van der Waals surface area (Å²) in [7, 11) is 0. The van der Waals surface area contributed by atoms with Gasteiger partial charge in [-0.3, -0.25) is 0 Å². The SMILES string of the molecule is NCc1cc2c(N)nncc2s1. The topological polar surface area (TPSA) is 77.8 Å². The number of anilines is 1. The normalized spacial score (nSPS) is 10.8. The Kier molecular flexibility index (Phi) is 1.67. The van der Waals surface area contributed by atoms with E-state index >= 15 is 0 Å². The molecule has 2 aromatic rings. The number of nitrogen functional groups attached to an aromatic ring is 1. The van der Waals surface area contributed by atoms with Crippen molar-refractivity contribution in [1.82, 2.24) is 10.2 Å². The lowest BCUT2D eigenvalue weighted by Crippen LogP contribution is -1.92. The number of nitrogens with two attached hydrogens (primary N) is 2. The molecule has 0 saturated heterocycles. The molecule has 2 aromatic heterocycles. The molecule has 0 bridgehead atoms. The van der Waals surface area contributed by atoms with E-state index in [1.807, 2.05) is 6.07 Å². The fraction of sp³-hybridized carbons (Fsp3) is 0.143. The van der Waals surface area contributed by atoms with E-state index in [2.05, 4.69) is 10.2 Å². The molecule has 4 nitrogen and oxygen atoms in total. The lowest BCUT2D eigenvalue weighted by molar-refractivity contribution is 1.06. The van der Waals surface area contributed by atoms with Crippen LogP contribution in [-0.2, 0) is 6.54 Å². The zero-order valence-corrected chi connectivity index (χ0v) is 7.14. The average Bonchev–Trinajstić information content (AvgIpc) is 2.49. The third-order valence-electron chi connectivity index (χ3n) is 1.63. The van der Waals surface area contributed by atoms with Crippen LogP contribution in [0.4, 0.5) is 5.82 Å². The molecule has 0 spiro atoms. The molecule has 12 heavy (non-hydrogen) atoms. The van der Waals surface area contributed by atoms with Gasteiger partial charge < -0.3 is 11.5 Å². The van der Waals surface area contributed by atoms with E-state index in [1.165, 1.54) is 0 Å². The molecule has 4 N–H and O–H groups in total. The second-order valence-corrected chi connectivity index (χ2v) is 3.59. The number of fused-ring (bicyclic) bond motifs is 1. The van der Waals surface area contributed by atoms with Crippen LogP contribution >= 0.6 is 11.3 Å². The van der Waals surface area contributed by atoms with Crippen LogP contribution < -0.4 is 11.5 Å². The van der Waals surface area contributed by atoms with Crippen molar-refractivity contribution in [1.29, 1.82) is 0 Å². The molecule has 0 aromatic carbocycles. The number of hydrogen-bond acceptors (Lipinski definition) is 5. The zero-order chi connectivity index (χ0) is 8.55. The van der Waals surface area contributed by atoms with E-state index in [4.69, 9.17) is 11.5 Å². The summed E-state index contributed by atoms with van der Waals surface area (Å²) < 4.78 is 1.04.